The van der Waals surface area contributed by atoms with E-state index < -0.39 is 22.4 Å². The zero-order valence-corrected chi connectivity index (χ0v) is 15.6. The predicted molar refractivity (Wildman–Crippen MR) is 110 cm³/mol. The molecule has 0 atom stereocenters. The van der Waals surface area contributed by atoms with Crippen molar-refractivity contribution in [3.8, 4) is 11.5 Å². The number of carbonyl (C=O) groups excluding carboxylic acids is 2. The standard InChI is InChI=1S/C22H11N3O6/c26-20-13-10-9-12(19-23-16-6-2-1-5-14(16)22(28)31-19)11-15(13)21(27)24(20)17-7-3-4-8-18(17)25(29)30/h1-11H. The summed E-state index contributed by atoms with van der Waals surface area (Å²) in [6.07, 6.45) is 0. The Labute approximate surface area is 173 Å². The fourth-order valence-electron chi connectivity index (χ4n) is 3.54. The largest absolute Gasteiger partial charge is 0.403 e. The van der Waals surface area contributed by atoms with Gasteiger partial charge in [0.05, 0.1) is 27.0 Å². The van der Waals surface area contributed by atoms with Crippen LogP contribution in [0, 0.1) is 10.1 Å². The first-order valence-electron chi connectivity index (χ1n) is 9.12. The molecule has 0 bridgehead atoms. The number of aromatic nitrogens is 1. The second-order valence-electron chi connectivity index (χ2n) is 6.78. The Hall–Kier alpha value is -4.66. The first kappa shape index (κ1) is 18.4. The molecule has 1 aromatic heterocycles. The van der Waals surface area contributed by atoms with Gasteiger partial charge in [0, 0.05) is 11.6 Å². The molecule has 0 spiro atoms. The molecule has 4 aromatic rings. The summed E-state index contributed by atoms with van der Waals surface area (Å²) in [4.78, 5) is 53.9. The van der Waals surface area contributed by atoms with Crippen LogP contribution in [0.2, 0.25) is 0 Å². The molecule has 9 nitrogen and oxygen atoms in total. The molecule has 1 aliphatic rings. The van der Waals surface area contributed by atoms with Crippen LogP contribution >= 0.6 is 0 Å². The topological polar surface area (TPSA) is 124 Å². The average Bonchev–Trinajstić information content (AvgIpc) is 3.03. The molecule has 2 amide bonds. The number of rotatable bonds is 3. The van der Waals surface area contributed by atoms with Gasteiger partial charge in [0.2, 0.25) is 5.89 Å². The van der Waals surface area contributed by atoms with Crippen LogP contribution in [0.3, 0.4) is 0 Å². The summed E-state index contributed by atoms with van der Waals surface area (Å²) in [5, 5.41) is 11.7. The van der Waals surface area contributed by atoms with E-state index in [1.165, 1.54) is 42.5 Å². The molecule has 0 saturated heterocycles. The Balaban J connectivity index is 1.62. The zero-order valence-electron chi connectivity index (χ0n) is 15.6. The number of amides is 2. The first-order chi connectivity index (χ1) is 15.0. The van der Waals surface area contributed by atoms with Gasteiger partial charge in [-0.25, -0.2) is 14.7 Å². The number of carbonyl (C=O) groups is 2. The lowest BCUT2D eigenvalue weighted by Gasteiger charge is -2.13. The molecule has 0 aliphatic carbocycles. The third-order valence-electron chi connectivity index (χ3n) is 4.99. The Bertz CT molecular complexity index is 1490. The summed E-state index contributed by atoms with van der Waals surface area (Å²) >= 11 is 0. The van der Waals surface area contributed by atoms with Crippen LogP contribution < -0.4 is 10.5 Å². The van der Waals surface area contributed by atoms with E-state index in [1.807, 2.05) is 0 Å². The molecule has 1 aliphatic heterocycles. The van der Waals surface area contributed by atoms with Crippen molar-refractivity contribution in [3.63, 3.8) is 0 Å². The Morgan fingerprint density at radius 1 is 0.871 bits per heavy atom. The van der Waals surface area contributed by atoms with Gasteiger partial charge >= 0.3 is 5.63 Å². The highest BCUT2D eigenvalue weighted by molar-refractivity contribution is 6.35. The number of hydrogen-bond donors (Lipinski definition) is 0. The van der Waals surface area contributed by atoms with Crippen molar-refractivity contribution in [1.82, 2.24) is 4.98 Å². The van der Waals surface area contributed by atoms with Gasteiger partial charge in [-0.05, 0) is 36.4 Å². The van der Waals surface area contributed by atoms with Gasteiger partial charge in [0.1, 0.15) is 5.69 Å². The minimum atomic E-state index is -0.709. The molecule has 150 valence electrons. The molecule has 3 aromatic carbocycles. The lowest BCUT2D eigenvalue weighted by Crippen LogP contribution is -2.29. The van der Waals surface area contributed by atoms with Crippen LogP contribution in [0.1, 0.15) is 20.7 Å². The third kappa shape index (κ3) is 2.79. The van der Waals surface area contributed by atoms with Crippen LogP contribution in [0.25, 0.3) is 22.4 Å². The number of para-hydroxylation sites is 3. The molecule has 9 heteroatoms. The van der Waals surface area contributed by atoms with E-state index in [2.05, 4.69) is 4.98 Å². The Morgan fingerprint density at radius 3 is 2.39 bits per heavy atom. The van der Waals surface area contributed by atoms with Crippen molar-refractivity contribution in [2.75, 3.05) is 4.90 Å². The zero-order chi connectivity index (χ0) is 21.7. The van der Waals surface area contributed by atoms with Crippen molar-refractivity contribution in [1.29, 1.82) is 0 Å². The quantitative estimate of drug-likeness (QED) is 0.286. The molecular formula is C22H11N3O6. The van der Waals surface area contributed by atoms with Crippen LogP contribution in [-0.4, -0.2) is 21.7 Å². The van der Waals surface area contributed by atoms with Gasteiger partial charge in [-0.1, -0.05) is 24.3 Å². The van der Waals surface area contributed by atoms with E-state index in [1.54, 1.807) is 24.3 Å². The van der Waals surface area contributed by atoms with Crippen molar-refractivity contribution >= 4 is 34.1 Å². The van der Waals surface area contributed by atoms with Crippen LogP contribution in [0.5, 0.6) is 0 Å². The molecule has 5 rings (SSSR count). The molecule has 0 radical (unpaired) electrons. The first-order valence-corrected chi connectivity index (χ1v) is 9.12. The number of imide groups is 1. The van der Waals surface area contributed by atoms with Crippen LogP contribution in [0.4, 0.5) is 11.4 Å². The highest BCUT2D eigenvalue weighted by atomic mass is 16.6. The van der Waals surface area contributed by atoms with Crippen molar-refractivity contribution < 1.29 is 18.9 Å². The maximum atomic E-state index is 13.0. The van der Waals surface area contributed by atoms with Crippen molar-refractivity contribution in [2.24, 2.45) is 0 Å². The third-order valence-corrected chi connectivity index (χ3v) is 4.99. The molecule has 0 saturated carbocycles. The number of nitro benzene ring substituents is 1. The van der Waals surface area contributed by atoms with Gasteiger partial charge in [0.25, 0.3) is 17.5 Å². The Morgan fingerprint density at radius 2 is 1.58 bits per heavy atom. The SMILES string of the molecule is O=C1c2ccc(-c3nc4ccccc4c(=O)o3)cc2C(=O)N1c1ccccc1[N+](=O)[O-]. The van der Waals surface area contributed by atoms with Gasteiger partial charge in [-0.2, -0.15) is 0 Å². The highest BCUT2D eigenvalue weighted by Crippen LogP contribution is 2.35. The smallest absolute Gasteiger partial charge is 0.347 e. The molecule has 31 heavy (non-hydrogen) atoms. The van der Waals surface area contributed by atoms with Crippen molar-refractivity contribution in [2.45, 2.75) is 0 Å². The fourth-order valence-corrected chi connectivity index (χ4v) is 3.54. The monoisotopic (exact) mass is 413 g/mol. The summed E-state index contributed by atoms with van der Waals surface area (Å²) in [5.41, 5.74) is -0.168. The van der Waals surface area contributed by atoms with E-state index in [-0.39, 0.29) is 28.4 Å². The second-order valence-corrected chi connectivity index (χ2v) is 6.78. The van der Waals surface area contributed by atoms with Crippen molar-refractivity contribution in [3.05, 3.63) is 98.4 Å². The normalized spacial score (nSPS) is 13.0. The molecule has 0 N–H and O–H groups in total. The van der Waals surface area contributed by atoms with Gasteiger partial charge < -0.3 is 4.42 Å². The molecule has 0 unspecified atom stereocenters. The summed E-state index contributed by atoms with van der Waals surface area (Å²) in [5.74, 6) is -1.39. The molecule has 0 fully saturated rings. The van der Waals surface area contributed by atoms with Gasteiger partial charge in [0.15, 0.2) is 0 Å². The minimum Gasteiger partial charge on any atom is -0.403 e. The summed E-state index contributed by atoms with van der Waals surface area (Å²) in [6, 6.07) is 16.5. The lowest BCUT2D eigenvalue weighted by molar-refractivity contribution is -0.384. The Kier molecular flexibility index (Phi) is 3.97. The maximum Gasteiger partial charge on any atom is 0.347 e. The molecular weight excluding hydrogens is 402 g/mol. The van der Waals surface area contributed by atoms with E-state index in [0.29, 0.717) is 16.5 Å². The second kappa shape index (κ2) is 6.70. The average molecular weight is 413 g/mol. The number of nitro groups is 1. The van der Waals surface area contributed by atoms with Gasteiger partial charge in [-0.3, -0.25) is 19.7 Å². The minimum absolute atomic E-state index is 0.00380. The number of nitrogens with zero attached hydrogens (tertiary/aromatic N) is 3. The van der Waals surface area contributed by atoms with Crippen LogP contribution in [-0.2, 0) is 0 Å². The lowest BCUT2D eigenvalue weighted by atomic mass is 10.1. The van der Waals surface area contributed by atoms with E-state index >= 15 is 0 Å². The number of hydrogen-bond acceptors (Lipinski definition) is 7. The van der Waals surface area contributed by atoms with Crippen LogP contribution in [0.15, 0.2) is 75.9 Å². The summed E-state index contributed by atoms with van der Waals surface area (Å²) in [6.45, 7) is 0. The summed E-state index contributed by atoms with van der Waals surface area (Å²) < 4.78 is 5.29. The number of fused-ring (bicyclic) bond motifs is 2. The maximum absolute atomic E-state index is 13.0. The summed E-state index contributed by atoms with van der Waals surface area (Å²) in [7, 11) is 0. The molecule has 2 heterocycles. The number of benzene rings is 3. The van der Waals surface area contributed by atoms with E-state index in [0.717, 1.165) is 4.90 Å². The predicted octanol–water partition coefficient (Wildman–Crippen LogP) is 3.56. The highest BCUT2D eigenvalue weighted by Gasteiger charge is 2.40. The van der Waals surface area contributed by atoms with E-state index in [9.17, 15) is 24.5 Å². The fraction of sp³-hybridized carbons (Fsp3) is 0. The van der Waals surface area contributed by atoms with E-state index in [4.69, 9.17) is 4.42 Å². The number of anilines is 1. The van der Waals surface area contributed by atoms with Gasteiger partial charge in [-0.15, -0.1) is 0 Å².